The smallest absolute Gasteiger partial charge is 0.184 e. The second kappa shape index (κ2) is 7.06. The van der Waals surface area contributed by atoms with Crippen LogP contribution in [0, 0.1) is 24.4 Å². The second-order valence-corrected chi connectivity index (χ2v) is 8.72. The van der Waals surface area contributed by atoms with Gasteiger partial charge in [-0.05, 0) is 44.5 Å². The van der Waals surface area contributed by atoms with E-state index in [9.17, 15) is 13.2 Å². The van der Waals surface area contributed by atoms with Gasteiger partial charge in [0.25, 0.3) is 0 Å². The van der Waals surface area contributed by atoms with E-state index in [0.717, 1.165) is 29.0 Å². The highest BCUT2D eigenvalue weighted by Crippen LogP contribution is 2.44. The number of hydrogen-bond donors (Lipinski definition) is 2. The molecule has 4 heterocycles. The maximum Gasteiger partial charge on any atom is 0.184 e. The van der Waals surface area contributed by atoms with Crippen molar-refractivity contribution in [3.63, 3.8) is 0 Å². The van der Waals surface area contributed by atoms with Crippen LogP contribution in [0.15, 0.2) is 42.7 Å². The summed E-state index contributed by atoms with van der Waals surface area (Å²) >= 11 is 0. The van der Waals surface area contributed by atoms with Crippen LogP contribution >= 0.6 is 0 Å². The monoisotopic (exact) mass is 450 g/mol. The number of hydrogen-bond acceptors (Lipinski definition) is 5. The molecule has 1 aliphatic heterocycles. The summed E-state index contributed by atoms with van der Waals surface area (Å²) in [4.78, 5) is 13.7. The summed E-state index contributed by atoms with van der Waals surface area (Å²) in [7, 11) is 0. The predicted octanol–water partition coefficient (Wildman–Crippen LogP) is 4.91. The van der Waals surface area contributed by atoms with Crippen molar-refractivity contribution in [1.82, 2.24) is 19.4 Å². The number of nitrogen functional groups attached to an aromatic ring is 1. The summed E-state index contributed by atoms with van der Waals surface area (Å²) in [6, 6.07) is 5.37. The molecule has 0 radical (unpaired) electrons. The Hall–Kier alpha value is -3.88. The minimum absolute atomic E-state index is 0.261. The van der Waals surface area contributed by atoms with Crippen LogP contribution < -0.4 is 11.1 Å². The van der Waals surface area contributed by atoms with Crippen molar-refractivity contribution in [1.29, 1.82) is 0 Å². The first-order valence-electron chi connectivity index (χ1n) is 10.3. The van der Waals surface area contributed by atoms with Crippen LogP contribution in [-0.2, 0) is 11.8 Å². The summed E-state index contributed by atoms with van der Waals surface area (Å²) in [6.45, 7) is 9.88. The van der Waals surface area contributed by atoms with E-state index in [1.54, 1.807) is 10.6 Å². The molecule has 0 atom stereocenters. The Labute approximate surface area is 188 Å². The van der Waals surface area contributed by atoms with Gasteiger partial charge in [0, 0.05) is 34.9 Å². The number of nitrogens with one attached hydrogen (secondary N) is 1. The number of imidazole rings is 1. The van der Waals surface area contributed by atoms with Crippen molar-refractivity contribution in [2.24, 2.45) is 0 Å². The van der Waals surface area contributed by atoms with Crippen molar-refractivity contribution in [2.45, 2.75) is 32.6 Å². The fourth-order valence-electron chi connectivity index (χ4n) is 4.17. The average molecular weight is 450 g/mol. The van der Waals surface area contributed by atoms with Gasteiger partial charge >= 0.3 is 0 Å². The summed E-state index contributed by atoms with van der Waals surface area (Å²) in [5.41, 5.74) is 8.88. The van der Waals surface area contributed by atoms with Gasteiger partial charge in [-0.2, -0.15) is 0 Å². The molecular weight excluding hydrogens is 429 g/mol. The largest absolute Gasteiger partial charge is 0.383 e. The molecule has 3 aromatic heterocycles. The highest BCUT2D eigenvalue weighted by atomic mass is 19.2. The van der Waals surface area contributed by atoms with Gasteiger partial charge in [-0.15, -0.1) is 0 Å². The van der Waals surface area contributed by atoms with E-state index in [2.05, 4.69) is 26.8 Å². The van der Waals surface area contributed by atoms with Gasteiger partial charge in [-0.1, -0.05) is 12.6 Å². The number of anilines is 2. The predicted molar refractivity (Wildman–Crippen MR) is 120 cm³/mol. The minimum atomic E-state index is -1.23. The van der Waals surface area contributed by atoms with Crippen LogP contribution in [0.4, 0.5) is 24.8 Å². The molecule has 1 aliphatic rings. The lowest BCUT2D eigenvalue weighted by Crippen LogP contribution is -2.18. The molecular formula is C24H21F3N6. The fraction of sp³-hybridized carbons (Fsp3) is 0.208. The van der Waals surface area contributed by atoms with Crippen molar-refractivity contribution in [2.75, 3.05) is 11.1 Å². The summed E-state index contributed by atoms with van der Waals surface area (Å²) in [5.74, 6) is -1.78. The molecule has 1 aromatic carbocycles. The number of aryl methyl sites for hydroxylation is 1. The Balaban J connectivity index is 1.70. The average Bonchev–Trinajstić information content (AvgIpc) is 3.22. The molecule has 0 amide bonds. The molecule has 6 nitrogen and oxygen atoms in total. The SMILES string of the molecule is C=C1Nc2nc(-c3nc(Cc4c(F)ccc(F)c4F)n4cc(C)ccc34)nc(N)c2C1(C)C. The van der Waals surface area contributed by atoms with Crippen LogP contribution in [0.5, 0.6) is 0 Å². The Morgan fingerprint density at radius 3 is 2.55 bits per heavy atom. The summed E-state index contributed by atoms with van der Waals surface area (Å²) in [6.07, 6.45) is 1.53. The molecule has 3 N–H and O–H groups in total. The molecule has 168 valence electrons. The van der Waals surface area contributed by atoms with Gasteiger partial charge in [0.05, 0.1) is 5.52 Å². The number of benzene rings is 1. The highest BCUT2D eigenvalue weighted by molar-refractivity contribution is 5.78. The van der Waals surface area contributed by atoms with E-state index >= 15 is 0 Å². The number of allylic oxidation sites excluding steroid dienone is 1. The zero-order valence-corrected chi connectivity index (χ0v) is 18.3. The molecule has 0 saturated heterocycles. The Morgan fingerprint density at radius 1 is 1.06 bits per heavy atom. The lowest BCUT2D eigenvalue weighted by atomic mass is 9.85. The van der Waals surface area contributed by atoms with E-state index < -0.39 is 28.4 Å². The molecule has 5 rings (SSSR count). The summed E-state index contributed by atoms with van der Waals surface area (Å²) in [5, 5.41) is 3.16. The fourth-order valence-corrected chi connectivity index (χ4v) is 4.17. The first kappa shape index (κ1) is 21.0. The first-order chi connectivity index (χ1) is 15.6. The van der Waals surface area contributed by atoms with E-state index in [4.69, 9.17) is 5.73 Å². The number of pyridine rings is 1. The minimum Gasteiger partial charge on any atom is -0.383 e. The van der Waals surface area contributed by atoms with Gasteiger partial charge in [0.1, 0.15) is 29.0 Å². The third-order valence-corrected chi connectivity index (χ3v) is 6.13. The highest BCUT2D eigenvalue weighted by Gasteiger charge is 2.38. The van der Waals surface area contributed by atoms with Crippen LogP contribution in [0.1, 0.15) is 36.4 Å². The molecule has 0 saturated carbocycles. The quantitative estimate of drug-likeness (QED) is 0.434. The molecule has 0 unspecified atom stereocenters. The number of halogens is 3. The zero-order valence-electron chi connectivity index (χ0n) is 18.3. The maximum atomic E-state index is 14.4. The Bertz CT molecular complexity index is 1470. The van der Waals surface area contributed by atoms with Crippen LogP contribution in [-0.4, -0.2) is 19.4 Å². The molecule has 9 heteroatoms. The first-order valence-corrected chi connectivity index (χ1v) is 10.3. The molecule has 0 aliphatic carbocycles. The van der Waals surface area contributed by atoms with Crippen molar-refractivity contribution in [3.05, 3.63) is 82.7 Å². The number of aromatic nitrogens is 4. The normalized spacial score (nSPS) is 14.5. The van der Waals surface area contributed by atoms with Crippen molar-refractivity contribution in [3.8, 4) is 11.5 Å². The standard InChI is InChI=1S/C24H21F3N6/c1-11-5-8-16-20(23-31-21(28)18-22(32-23)29-12(2)24(18,3)4)30-17(33(16)10-11)9-13-14(25)6-7-15(26)19(13)27/h5-8,10H,2,9H2,1,3-4H3,(H3,28,29,31,32). The third-order valence-electron chi connectivity index (χ3n) is 6.13. The lowest BCUT2D eigenvalue weighted by Gasteiger charge is -2.19. The van der Waals surface area contributed by atoms with Gasteiger partial charge in [0.2, 0.25) is 0 Å². The number of nitrogens with zero attached hydrogens (tertiary/aromatic N) is 4. The van der Waals surface area contributed by atoms with Gasteiger partial charge in [-0.3, -0.25) is 0 Å². The van der Waals surface area contributed by atoms with E-state index in [1.165, 1.54) is 0 Å². The van der Waals surface area contributed by atoms with Crippen molar-refractivity contribution < 1.29 is 13.2 Å². The number of rotatable bonds is 3. The molecule has 0 spiro atoms. The molecule has 33 heavy (non-hydrogen) atoms. The van der Waals surface area contributed by atoms with E-state index in [1.807, 2.05) is 32.9 Å². The number of fused-ring (bicyclic) bond motifs is 2. The third kappa shape index (κ3) is 3.14. The van der Waals surface area contributed by atoms with Crippen LogP contribution in [0.3, 0.4) is 0 Å². The Kier molecular flexibility index (Phi) is 4.49. The zero-order chi connectivity index (χ0) is 23.7. The van der Waals surface area contributed by atoms with Gasteiger partial charge in [-0.25, -0.2) is 28.1 Å². The van der Waals surface area contributed by atoms with Crippen LogP contribution in [0.2, 0.25) is 0 Å². The van der Waals surface area contributed by atoms with Gasteiger partial charge < -0.3 is 15.5 Å². The second-order valence-electron chi connectivity index (χ2n) is 8.72. The topological polar surface area (TPSA) is 81.1 Å². The van der Waals surface area contributed by atoms with Crippen LogP contribution in [0.25, 0.3) is 17.0 Å². The summed E-state index contributed by atoms with van der Waals surface area (Å²) < 4.78 is 44.2. The van der Waals surface area contributed by atoms with E-state index in [0.29, 0.717) is 28.7 Å². The Morgan fingerprint density at radius 2 is 1.79 bits per heavy atom. The van der Waals surface area contributed by atoms with E-state index in [-0.39, 0.29) is 12.2 Å². The van der Waals surface area contributed by atoms with Crippen molar-refractivity contribution >= 4 is 17.2 Å². The number of nitrogens with two attached hydrogens (primary N) is 1. The molecule has 0 bridgehead atoms. The molecule has 4 aromatic rings. The molecule has 0 fully saturated rings. The van der Waals surface area contributed by atoms with Gasteiger partial charge in [0.15, 0.2) is 17.5 Å². The lowest BCUT2D eigenvalue weighted by molar-refractivity contribution is 0.481. The maximum absolute atomic E-state index is 14.4.